The van der Waals surface area contributed by atoms with Crippen molar-refractivity contribution in [1.82, 2.24) is 14.9 Å². The van der Waals surface area contributed by atoms with Crippen molar-refractivity contribution in [2.75, 3.05) is 13.2 Å². The van der Waals surface area contributed by atoms with Crippen molar-refractivity contribution in [2.24, 2.45) is 0 Å². The first-order valence-corrected chi connectivity index (χ1v) is 13.4. The molecule has 5 nitrogen and oxygen atoms in total. The van der Waals surface area contributed by atoms with Crippen molar-refractivity contribution in [3.63, 3.8) is 0 Å². The number of imidazole rings is 1. The topological polar surface area (TPSA) is 56.1 Å². The van der Waals surface area contributed by atoms with Gasteiger partial charge in [0.1, 0.15) is 11.6 Å². The van der Waals surface area contributed by atoms with E-state index in [0.29, 0.717) is 13.2 Å². The molecule has 0 aliphatic heterocycles. The Balaban J connectivity index is 1.25. The number of hydrogen-bond acceptors (Lipinski definition) is 3. The van der Waals surface area contributed by atoms with Crippen LogP contribution >= 0.6 is 0 Å². The fourth-order valence-electron chi connectivity index (χ4n) is 4.95. The number of benzene rings is 3. The van der Waals surface area contributed by atoms with Gasteiger partial charge in [0, 0.05) is 25.1 Å². The minimum absolute atomic E-state index is 0.0161. The molecule has 0 aliphatic rings. The fraction of sp³-hybridized carbons (Fsp3) is 0.375. The van der Waals surface area contributed by atoms with Gasteiger partial charge in [-0.15, -0.1) is 0 Å². The number of hydrogen-bond donors (Lipinski definition) is 1. The van der Waals surface area contributed by atoms with Crippen LogP contribution in [0.2, 0.25) is 0 Å². The summed E-state index contributed by atoms with van der Waals surface area (Å²) >= 11 is 0. The quantitative estimate of drug-likeness (QED) is 0.217. The van der Waals surface area contributed by atoms with E-state index in [9.17, 15) is 4.79 Å². The second-order valence-electron chi connectivity index (χ2n) is 10.1. The molecule has 0 atom stereocenters. The summed E-state index contributed by atoms with van der Waals surface area (Å²) in [5.41, 5.74) is 7.65. The van der Waals surface area contributed by atoms with Crippen LogP contribution in [0.3, 0.4) is 0 Å². The minimum Gasteiger partial charge on any atom is -0.494 e. The number of carbonyl (C=O) groups excluding carboxylic acids is 1. The molecule has 0 saturated heterocycles. The Hall–Kier alpha value is -3.60. The average molecular weight is 498 g/mol. The van der Waals surface area contributed by atoms with Gasteiger partial charge in [0.05, 0.1) is 17.6 Å². The lowest BCUT2D eigenvalue weighted by atomic mass is 10.1. The molecule has 0 fully saturated rings. The normalized spacial score (nSPS) is 11.1. The van der Waals surface area contributed by atoms with Gasteiger partial charge >= 0.3 is 0 Å². The lowest BCUT2D eigenvalue weighted by Crippen LogP contribution is -2.25. The third kappa shape index (κ3) is 7.22. The SMILES string of the molecule is Cc1cc(C)cc(OCCCn2c(CCCCCNC(=O)c3ccc(C)cc3C)nc3ccccc32)c1. The maximum Gasteiger partial charge on any atom is 0.251 e. The molecule has 0 unspecified atom stereocenters. The zero-order valence-corrected chi connectivity index (χ0v) is 22.6. The van der Waals surface area contributed by atoms with E-state index in [1.807, 2.05) is 32.0 Å². The highest BCUT2D eigenvalue weighted by Crippen LogP contribution is 2.20. The van der Waals surface area contributed by atoms with Crippen LogP contribution in [0.5, 0.6) is 5.75 Å². The third-order valence-corrected chi connectivity index (χ3v) is 6.71. The number of aryl methyl sites for hydroxylation is 6. The van der Waals surface area contributed by atoms with E-state index in [1.54, 1.807) is 0 Å². The number of nitrogens with zero attached hydrogens (tertiary/aromatic N) is 2. The van der Waals surface area contributed by atoms with Gasteiger partial charge in [-0.05, 0) is 94.0 Å². The average Bonchev–Trinajstić information content (AvgIpc) is 3.20. The van der Waals surface area contributed by atoms with Crippen LogP contribution in [0.15, 0.2) is 60.7 Å². The largest absolute Gasteiger partial charge is 0.494 e. The summed E-state index contributed by atoms with van der Waals surface area (Å²) in [6, 6.07) is 20.7. The van der Waals surface area contributed by atoms with Gasteiger partial charge in [0.2, 0.25) is 0 Å². The zero-order chi connectivity index (χ0) is 26.2. The van der Waals surface area contributed by atoms with Crippen molar-refractivity contribution >= 4 is 16.9 Å². The molecule has 0 spiro atoms. The van der Waals surface area contributed by atoms with Gasteiger partial charge in [0.15, 0.2) is 0 Å². The smallest absolute Gasteiger partial charge is 0.251 e. The molecule has 0 radical (unpaired) electrons. The van der Waals surface area contributed by atoms with E-state index in [1.165, 1.54) is 22.2 Å². The molecular formula is C32H39N3O2. The summed E-state index contributed by atoms with van der Waals surface area (Å²) in [5, 5.41) is 3.07. The number of aromatic nitrogens is 2. The molecule has 1 heterocycles. The Labute approximate surface area is 220 Å². The van der Waals surface area contributed by atoms with E-state index in [-0.39, 0.29) is 5.91 Å². The van der Waals surface area contributed by atoms with E-state index in [4.69, 9.17) is 9.72 Å². The van der Waals surface area contributed by atoms with Gasteiger partial charge in [0.25, 0.3) is 5.91 Å². The lowest BCUT2D eigenvalue weighted by Gasteiger charge is -2.12. The summed E-state index contributed by atoms with van der Waals surface area (Å²) in [4.78, 5) is 17.4. The third-order valence-electron chi connectivity index (χ3n) is 6.71. The highest BCUT2D eigenvalue weighted by Gasteiger charge is 2.11. The van der Waals surface area contributed by atoms with Gasteiger partial charge < -0.3 is 14.6 Å². The number of nitrogens with one attached hydrogen (secondary N) is 1. The van der Waals surface area contributed by atoms with Crippen molar-refractivity contribution in [2.45, 2.75) is 66.3 Å². The Kier molecular flexibility index (Phi) is 8.99. The summed E-state index contributed by atoms with van der Waals surface area (Å²) in [6.07, 6.45) is 4.90. The molecule has 194 valence electrons. The summed E-state index contributed by atoms with van der Waals surface area (Å²) in [5.74, 6) is 2.09. The van der Waals surface area contributed by atoms with Crippen molar-refractivity contribution < 1.29 is 9.53 Å². The summed E-state index contributed by atoms with van der Waals surface area (Å²) in [6.45, 7) is 10.5. The number of fused-ring (bicyclic) bond motifs is 1. The second kappa shape index (κ2) is 12.6. The zero-order valence-electron chi connectivity index (χ0n) is 22.6. The van der Waals surface area contributed by atoms with E-state index >= 15 is 0 Å². The van der Waals surface area contributed by atoms with Crippen LogP contribution in [0, 0.1) is 27.7 Å². The predicted octanol–water partition coefficient (Wildman–Crippen LogP) is 6.88. The maximum absolute atomic E-state index is 12.5. The van der Waals surface area contributed by atoms with Crippen LogP contribution < -0.4 is 10.1 Å². The first-order chi connectivity index (χ1) is 17.9. The molecule has 1 N–H and O–H groups in total. The second-order valence-corrected chi connectivity index (χ2v) is 10.1. The molecule has 0 aliphatic carbocycles. The fourth-order valence-corrected chi connectivity index (χ4v) is 4.95. The van der Waals surface area contributed by atoms with Gasteiger partial charge in [-0.2, -0.15) is 0 Å². The number of para-hydroxylation sites is 2. The Morgan fingerprint density at radius 3 is 2.43 bits per heavy atom. The molecule has 4 aromatic rings. The van der Waals surface area contributed by atoms with Crippen LogP contribution in [-0.4, -0.2) is 28.6 Å². The van der Waals surface area contributed by atoms with Gasteiger partial charge in [-0.3, -0.25) is 4.79 Å². The monoisotopic (exact) mass is 497 g/mol. The van der Waals surface area contributed by atoms with Gasteiger partial charge in [-0.25, -0.2) is 4.98 Å². The Morgan fingerprint density at radius 1 is 0.865 bits per heavy atom. The van der Waals surface area contributed by atoms with Crippen LogP contribution in [-0.2, 0) is 13.0 Å². The highest BCUT2D eigenvalue weighted by molar-refractivity contribution is 5.95. The predicted molar refractivity (Wildman–Crippen MR) is 152 cm³/mol. The lowest BCUT2D eigenvalue weighted by molar-refractivity contribution is 0.0952. The van der Waals surface area contributed by atoms with E-state index in [0.717, 1.165) is 66.9 Å². The van der Waals surface area contributed by atoms with Crippen LogP contribution in [0.25, 0.3) is 11.0 Å². The molecule has 0 bridgehead atoms. The van der Waals surface area contributed by atoms with Crippen LogP contribution in [0.4, 0.5) is 0 Å². The Morgan fingerprint density at radius 2 is 1.65 bits per heavy atom. The maximum atomic E-state index is 12.5. The molecule has 4 rings (SSSR count). The minimum atomic E-state index is 0.0161. The molecule has 1 amide bonds. The highest BCUT2D eigenvalue weighted by atomic mass is 16.5. The first-order valence-electron chi connectivity index (χ1n) is 13.4. The number of amides is 1. The first kappa shape index (κ1) is 26.5. The Bertz CT molecular complexity index is 1340. The van der Waals surface area contributed by atoms with Crippen LogP contribution in [0.1, 0.15) is 64.1 Å². The molecular weight excluding hydrogens is 458 g/mol. The number of ether oxygens (including phenoxy) is 1. The van der Waals surface area contributed by atoms with Crippen molar-refractivity contribution in [3.8, 4) is 5.75 Å². The molecule has 5 heteroatoms. The number of unbranched alkanes of at least 4 members (excludes halogenated alkanes) is 2. The number of carbonyl (C=O) groups is 1. The molecule has 3 aromatic carbocycles. The van der Waals surface area contributed by atoms with E-state index in [2.05, 4.69) is 66.2 Å². The van der Waals surface area contributed by atoms with Gasteiger partial charge in [-0.1, -0.05) is 42.3 Å². The molecule has 1 aromatic heterocycles. The van der Waals surface area contributed by atoms with Crippen molar-refractivity contribution in [1.29, 1.82) is 0 Å². The van der Waals surface area contributed by atoms with Crippen molar-refractivity contribution in [3.05, 3.63) is 94.3 Å². The number of rotatable bonds is 12. The molecule has 37 heavy (non-hydrogen) atoms. The summed E-state index contributed by atoms with van der Waals surface area (Å²) < 4.78 is 8.39. The molecule has 0 saturated carbocycles. The van der Waals surface area contributed by atoms with E-state index < -0.39 is 0 Å². The summed E-state index contributed by atoms with van der Waals surface area (Å²) in [7, 11) is 0. The standard InChI is InChI=1S/C32H39N3O2/c1-23-14-15-28(26(4)20-23)32(36)33-16-9-5-6-13-31-34-29-11-7-8-12-30(29)35(31)17-10-18-37-27-21-24(2)19-25(3)22-27/h7-8,11-12,14-15,19-22H,5-6,9-10,13,16-18H2,1-4H3,(H,33,36).